The van der Waals surface area contributed by atoms with Crippen LogP contribution in [-0.4, -0.2) is 80.9 Å². The van der Waals surface area contributed by atoms with E-state index in [2.05, 4.69) is 19.1 Å². The number of unbranched alkanes of at least 4 members (excludes halogenated alkanes) is 1. The molecule has 0 radical (unpaired) electrons. The van der Waals surface area contributed by atoms with E-state index >= 15 is 0 Å². The monoisotopic (exact) mass is 537 g/mol. The predicted octanol–water partition coefficient (Wildman–Crippen LogP) is 3.49. The van der Waals surface area contributed by atoms with Gasteiger partial charge in [-0.05, 0) is 24.5 Å². The molecule has 0 bridgehead atoms. The maximum Gasteiger partial charge on any atom is 0.247 e. The molecule has 4 aliphatic heterocycles. The second kappa shape index (κ2) is 10.9. The van der Waals surface area contributed by atoms with Crippen molar-refractivity contribution in [3.05, 3.63) is 54.6 Å². The first kappa shape index (κ1) is 27.0. The van der Waals surface area contributed by atoms with E-state index in [-0.39, 0.29) is 35.5 Å². The molecule has 5 rings (SSSR count). The van der Waals surface area contributed by atoms with Crippen molar-refractivity contribution in [1.29, 1.82) is 0 Å². The molecule has 1 aromatic carbocycles. The Bertz CT molecular complexity index is 1120. The van der Waals surface area contributed by atoms with Gasteiger partial charge in [0.15, 0.2) is 0 Å². The average molecular weight is 538 g/mol. The van der Waals surface area contributed by atoms with Gasteiger partial charge in [0.25, 0.3) is 0 Å². The Kier molecular flexibility index (Phi) is 7.74. The number of rotatable bonds is 8. The summed E-state index contributed by atoms with van der Waals surface area (Å²) < 4.78 is -0.856. The number of anilines is 1. The van der Waals surface area contributed by atoms with Crippen LogP contribution in [-0.2, 0) is 14.4 Å². The molecule has 1 spiro atoms. The summed E-state index contributed by atoms with van der Waals surface area (Å²) in [6.45, 7) is 7.52. The minimum absolute atomic E-state index is 0.00953. The molecule has 38 heavy (non-hydrogen) atoms. The number of nitrogens with zero attached hydrogens (tertiary/aromatic N) is 3. The molecule has 8 heteroatoms. The van der Waals surface area contributed by atoms with Crippen LogP contribution in [0.4, 0.5) is 5.69 Å². The van der Waals surface area contributed by atoms with E-state index in [9.17, 15) is 19.5 Å². The van der Waals surface area contributed by atoms with Crippen LogP contribution in [0.1, 0.15) is 40.0 Å². The van der Waals surface area contributed by atoms with Gasteiger partial charge < -0.3 is 19.8 Å². The zero-order chi connectivity index (χ0) is 27.0. The molecule has 0 aliphatic carbocycles. The quantitative estimate of drug-likeness (QED) is 0.514. The standard InChI is InChI=1S/C30H39N3O4S/c1-4-6-16-31-17-11-15-30-25(28(36)33(26(30)29(31)37)22(19-34)20(3)5-2)24-23(38-30)14-10-18-32(27(24)35)21-12-8-7-9-13-21/h7-15,20,22-26,34H,4-6,16-19H2,1-3H3/t20-,22-,23-,24+,25-,26?,30-/m0/s1. The summed E-state index contributed by atoms with van der Waals surface area (Å²) in [7, 11) is 0. The lowest BCUT2D eigenvalue weighted by Gasteiger charge is -2.40. The Balaban J connectivity index is 1.62. The highest BCUT2D eigenvalue weighted by atomic mass is 32.2. The molecule has 1 N–H and O–H groups in total. The number of aliphatic hydroxyl groups is 1. The van der Waals surface area contributed by atoms with Gasteiger partial charge in [-0.2, -0.15) is 0 Å². The lowest BCUT2D eigenvalue weighted by Crippen LogP contribution is -2.57. The van der Waals surface area contributed by atoms with Gasteiger partial charge in [0.05, 0.1) is 29.2 Å². The van der Waals surface area contributed by atoms with Gasteiger partial charge in [0.2, 0.25) is 17.7 Å². The zero-order valence-electron chi connectivity index (χ0n) is 22.5. The lowest BCUT2D eigenvalue weighted by atomic mass is 9.78. The Hall–Kier alpha value is -2.58. The van der Waals surface area contributed by atoms with Gasteiger partial charge in [-0.1, -0.05) is 76.1 Å². The second-order valence-electron chi connectivity index (χ2n) is 11.0. The van der Waals surface area contributed by atoms with Crippen molar-refractivity contribution < 1.29 is 19.5 Å². The summed E-state index contributed by atoms with van der Waals surface area (Å²) in [6, 6.07) is 8.35. The number of likely N-dealkylation sites (tertiary alicyclic amines) is 1. The SMILES string of the molecule is CCCCN1CC=C[C@]23S[C@H]4C=CCN(c5ccccc5)C(=O)[C@H]4[C@H]2C(=O)N([C@@H](CO)[C@@H](C)CC)C3C1=O. The van der Waals surface area contributed by atoms with Crippen molar-refractivity contribution in [2.45, 2.75) is 62.1 Å². The molecule has 1 unspecified atom stereocenters. The summed E-state index contributed by atoms with van der Waals surface area (Å²) in [5.41, 5.74) is 0.804. The number of hydrogen-bond donors (Lipinski definition) is 1. The Morgan fingerprint density at radius 3 is 2.50 bits per heavy atom. The van der Waals surface area contributed by atoms with Crippen molar-refractivity contribution >= 4 is 35.2 Å². The van der Waals surface area contributed by atoms with Gasteiger partial charge in [0, 0.05) is 30.6 Å². The van der Waals surface area contributed by atoms with Gasteiger partial charge in [0.1, 0.15) is 6.04 Å². The first-order chi connectivity index (χ1) is 18.4. The number of benzene rings is 1. The third-order valence-electron chi connectivity index (χ3n) is 8.87. The number of aliphatic hydroxyl groups excluding tert-OH is 1. The Morgan fingerprint density at radius 2 is 1.82 bits per heavy atom. The van der Waals surface area contributed by atoms with Crippen LogP contribution in [0.25, 0.3) is 0 Å². The van der Waals surface area contributed by atoms with Crippen molar-refractivity contribution in [3.8, 4) is 0 Å². The van der Waals surface area contributed by atoms with Gasteiger partial charge in [-0.25, -0.2) is 0 Å². The molecule has 7 atom stereocenters. The fourth-order valence-corrected chi connectivity index (χ4v) is 8.68. The molecule has 204 valence electrons. The van der Waals surface area contributed by atoms with Crippen LogP contribution in [0.2, 0.25) is 0 Å². The van der Waals surface area contributed by atoms with Crippen LogP contribution in [0.3, 0.4) is 0 Å². The van der Waals surface area contributed by atoms with Crippen LogP contribution in [0.15, 0.2) is 54.6 Å². The molecular weight excluding hydrogens is 498 g/mol. The maximum atomic E-state index is 14.5. The average Bonchev–Trinajstić information content (AvgIpc) is 3.25. The summed E-state index contributed by atoms with van der Waals surface area (Å²) in [4.78, 5) is 48.3. The summed E-state index contributed by atoms with van der Waals surface area (Å²) in [5.74, 6) is -1.58. The molecule has 2 fully saturated rings. The van der Waals surface area contributed by atoms with Gasteiger partial charge in [-0.3, -0.25) is 14.4 Å². The first-order valence-electron chi connectivity index (χ1n) is 14.0. The van der Waals surface area contributed by atoms with Crippen LogP contribution in [0.5, 0.6) is 0 Å². The Labute approximate surface area is 229 Å². The molecule has 2 saturated heterocycles. The van der Waals surface area contributed by atoms with E-state index in [1.165, 1.54) is 0 Å². The number of para-hydroxylation sites is 1. The third kappa shape index (κ3) is 4.20. The highest BCUT2D eigenvalue weighted by Gasteiger charge is 2.72. The number of amides is 3. The highest BCUT2D eigenvalue weighted by molar-refractivity contribution is 8.02. The molecule has 7 nitrogen and oxygen atoms in total. The number of hydrogen-bond acceptors (Lipinski definition) is 5. The van der Waals surface area contributed by atoms with Crippen molar-refractivity contribution in [3.63, 3.8) is 0 Å². The minimum Gasteiger partial charge on any atom is -0.394 e. The van der Waals surface area contributed by atoms with E-state index in [4.69, 9.17) is 0 Å². The van der Waals surface area contributed by atoms with Crippen LogP contribution in [0, 0.1) is 17.8 Å². The van der Waals surface area contributed by atoms with Crippen molar-refractivity contribution in [1.82, 2.24) is 9.80 Å². The third-order valence-corrected chi connectivity index (χ3v) is 10.6. The fourth-order valence-electron chi connectivity index (χ4n) is 6.68. The molecule has 4 aliphatic rings. The lowest BCUT2D eigenvalue weighted by molar-refractivity contribution is -0.146. The topological polar surface area (TPSA) is 81.2 Å². The Morgan fingerprint density at radius 1 is 1.05 bits per heavy atom. The summed E-state index contributed by atoms with van der Waals surface area (Å²) in [6.07, 6.45) is 10.8. The number of fused-ring (bicyclic) bond motifs is 2. The highest BCUT2D eigenvalue weighted by Crippen LogP contribution is 2.61. The van der Waals surface area contributed by atoms with Crippen LogP contribution >= 0.6 is 11.8 Å². The van der Waals surface area contributed by atoms with E-state index in [0.29, 0.717) is 19.6 Å². The number of thioether (sulfide) groups is 1. The number of carbonyl (C=O) groups is 3. The normalized spacial score (nSPS) is 32.1. The molecule has 4 heterocycles. The molecule has 1 aromatic rings. The van der Waals surface area contributed by atoms with Gasteiger partial charge >= 0.3 is 0 Å². The zero-order valence-corrected chi connectivity index (χ0v) is 23.3. The maximum absolute atomic E-state index is 14.5. The smallest absolute Gasteiger partial charge is 0.247 e. The number of carbonyl (C=O) groups excluding carboxylic acids is 3. The van der Waals surface area contributed by atoms with Gasteiger partial charge in [-0.15, -0.1) is 11.8 Å². The predicted molar refractivity (Wildman–Crippen MR) is 151 cm³/mol. The molecular formula is C30H39N3O4S. The molecule has 0 aromatic heterocycles. The first-order valence-corrected chi connectivity index (χ1v) is 14.9. The fraction of sp³-hybridized carbons (Fsp3) is 0.567. The van der Waals surface area contributed by atoms with Crippen molar-refractivity contribution in [2.75, 3.05) is 31.1 Å². The van der Waals surface area contributed by atoms with E-state index in [0.717, 1.165) is 24.9 Å². The van der Waals surface area contributed by atoms with E-state index < -0.39 is 28.7 Å². The minimum atomic E-state index is -0.856. The molecule has 0 saturated carbocycles. The van der Waals surface area contributed by atoms with E-state index in [1.54, 1.807) is 21.6 Å². The largest absolute Gasteiger partial charge is 0.394 e. The summed E-state index contributed by atoms with van der Waals surface area (Å²) in [5, 5.41) is 10.3. The van der Waals surface area contributed by atoms with Crippen molar-refractivity contribution in [2.24, 2.45) is 17.8 Å². The van der Waals surface area contributed by atoms with Crippen LogP contribution < -0.4 is 4.90 Å². The van der Waals surface area contributed by atoms with E-state index in [1.807, 2.05) is 61.2 Å². The summed E-state index contributed by atoms with van der Waals surface area (Å²) >= 11 is 1.60. The second-order valence-corrected chi connectivity index (χ2v) is 12.5. The molecule has 3 amide bonds.